The van der Waals surface area contributed by atoms with Crippen LogP contribution in [-0.4, -0.2) is 38.1 Å². The van der Waals surface area contributed by atoms with Crippen molar-refractivity contribution >= 4 is 17.5 Å². The third kappa shape index (κ3) is 3.04. The van der Waals surface area contributed by atoms with Crippen LogP contribution in [-0.2, 0) is 11.3 Å². The quantitative estimate of drug-likeness (QED) is 0.765. The summed E-state index contributed by atoms with van der Waals surface area (Å²) in [5.74, 6) is -0.244. The predicted molar refractivity (Wildman–Crippen MR) is 75.2 cm³/mol. The zero-order valence-electron chi connectivity index (χ0n) is 11.8. The maximum atomic E-state index is 12.4. The molecule has 0 spiro atoms. The van der Waals surface area contributed by atoms with Crippen molar-refractivity contribution in [2.75, 3.05) is 11.4 Å². The number of nitrogens with zero attached hydrogens (tertiary/aromatic N) is 5. The number of amides is 1. The average Bonchev–Trinajstić information content (AvgIpc) is 2.81. The van der Waals surface area contributed by atoms with Gasteiger partial charge in [0.1, 0.15) is 6.54 Å². The molecule has 0 fully saturated rings. The Morgan fingerprint density at radius 1 is 1.19 bits per heavy atom. The molecule has 0 unspecified atom stereocenters. The Morgan fingerprint density at radius 3 is 2.43 bits per heavy atom. The van der Waals surface area contributed by atoms with Crippen molar-refractivity contribution in [1.29, 1.82) is 0 Å². The topological polar surface area (TPSA) is 90.1 Å². The third-order valence-electron chi connectivity index (χ3n) is 2.81. The van der Waals surface area contributed by atoms with Gasteiger partial charge in [-0.1, -0.05) is 18.2 Å². The van der Waals surface area contributed by atoms with Crippen LogP contribution >= 0.6 is 0 Å². The van der Waals surface area contributed by atoms with Crippen molar-refractivity contribution in [2.45, 2.75) is 20.4 Å². The van der Waals surface area contributed by atoms with Gasteiger partial charge in [0.2, 0.25) is 0 Å². The molecule has 1 aromatic carbocycles. The molecule has 0 atom stereocenters. The van der Waals surface area contributed by atoms with E-state index in [0.717, 1.165) is 4.68 Å². The Morgan fingerprint density at radius 2 is 1.86 bits per heavy atom. The molecule has 2 aromatic rings. The molecular weight excluding hydrogens is 274 g/mol. The number of aromatic nitrogens is 4. The number of tetrazole rings is 1. The highest BCUT2D eigenvalue weighted by atomic mass is 16.2. The van der Waals surface area contributed by atoms with E-state index in [1.807, 2.05) is 6.07 Å². The number of carbonyl (C=O) groups excluding carboxylic acids is 2. The lowest BCUT2D eigenvalue weighted by Crippen LogP contribution is -2.41. The van der Waals surface area contributed by atoms with Crippen LogP contribution in [0.4, 0.5) is 10.5 Å². The minimum Gasteiger partial charge on any atom is -0.298 e. The van der Waals surface area contributed by atoms with Crippen LogP contribution in [0.1, 0.15) is 13.8 Å². The summed E-state index contributed by atoms with van der Waals surface area (Å²) in [4.78, 5) is 36.8. The maximum Gasteiger partial charge on any atom is 0.372 e. The minimum absolute atomic E-state index is 0.205. The maximum absolute atomic E-state index is 12.4. The molecule has 0 radical (unpaired) electrons. The summed E-state index contributed by atoms with van der Waals surface area (Å²) in [5, 5.41) is 7.07. The second-order valence-corrected chi connectivity index (χ2v) is 4.40. The molecule has 110 valence electrons. The number of ketones is 1. The summed E-state index contributed by atoms with van der Waals surface area (Å²) in [5.41, 5.74) is -0.0809. The van der Waals surface area contributed by atoms with Crippen molar-refractivity contribution in [2.24, 2.45) is 0 Å². The Kier molecular flexibility index (Phi) is 4.27. The fourth-order valence-electron chi connectivity index (χ4n) is 1.85. The van der Waals surface area contributed by atoms with Gasteiger partial charge in [0.05, 0.1) is 0 Å². The highest BCUT2D eigenvalue weighted by Gasteiger charge is 2.21. The molecule has 0 saturated carbocycles. The van der Waals surface area contributed by atoms with Gasteiger partial charge >= 0.3 is 11.7 Å². The number of hydrogen-bond donors (Lipinski definition) is 0. The SMILES string of the molecule is CCN(C(=O)n1nnn(CC(C)=O)c1=O)c1ccccc1. The third-order valence-corrected chi connectivity index (χ3v) is 2.81. The molecule has 1 amide bonds. The standard InChI is InChI=1S/C13H15N5O3/c1-3-16(11-7-5-4-6-8-11)12(20)18-13(21)17(14-15-18)9-10(2)19/h4-8H,3,9H2,1-2H3. The Labute approximate surface area is 120 Å². The zero-order chi connectivity index (χ0) is 15.4. The summed E-state index contributed by atoms with van der Waals surface area (Å²) >= 11 is 0. The van der Waals surface area contributed by atoms with Crippen LogP contribution in [0.5, 0.6) is 0 Å². The second-order valence-electron chi connectivity index (χ2n) is 4.40. The van der Waals surface area contributed by atoms with Gasteiger partial charge in [-0.15, -0.1) is 4.68 Å². The zero-order valence-corrected chi connectivity index (χ0v) is 11.8. The molecule has 2 rings (SSSR count). The Balaban J connectivity index is 2.33. The van der Waals surface area contributed by atoms with Crippen LogP contribution in [0.15, 0.2) is 35.1 Å². The normalized spacial score (nSPS) is 10.4. The minimum atomic E-state index is -0.732. The number of carbonyl (C=O) groups is 2. The molecule has 21 heavy (non-hydrogen) atoms. The fourth-order valence-corrected chi connectivity index (χ4v) is 1.85. The molecule has 1 heterocycles. The summed E-state index contributed by atoms with van der Waals surface area (Å²) in [7, 11) is 0. The van der Waals surface area contributed by atoms with Gasteiger partial charge in [-0.2, -0.15) is 4.68 Å². The molecular formula is C13H15N5O3. The van der Waals surface area contributed by atoms with E-state index in [0.29, 0.717) is 16.9 Å². The average molecular weight is 289 g/mol. The van der Waals surface area contributed by atoms with Crippen molar-refractivity contribution in [3.8, 4) is 0 Å². The first kappa shape index (κ1) is 14.6. The van der Waals surface area contributed by atoms with Gasteiger partial charge in [-0.25, -0.2) is 9.59 Å². The lowest BCUT2D eigenvalue weighted by Gasteiger charge is -2.19. The molecule has 0 bridgehead atoms. The number of anilines is 1. The van der Waals surface area contributed by atoms with Crippen LogP contribution in [0, 0.1) is 0 Å². The number of Topliss-reactive ketones (excluding diaryl/α,β-unsaturated/α-hetero) is 1. The Bertz CT molecular complexity index is 704. The van der Waals surface area contributed by atoms with E-state index in [2.05, 4.69) is 10.4 Å². The first-order valence-electron chi connectivity index (χ1n) is 6.43. The largest absolute Gasteiger partial charge is 0.372 e. The second kappa shape index (κ2) is 6.12. The Hall–Kier alpha value is -2.77. The molecule has 0 aliphatic heterocycles. The summed E-state index contributed by atoms with van der Waals surface area (Å²) in [6.07, 6.45) is 0. The van der Waals surface area contributed by atoms with Crippen molar-refractivity contribution in [1.82, 2.24) is 19.8 Å². The van der Waals surface area contributed by atoms with Gasteiger partial charge < -0.3 is 0 Å². The number of benzene rings is 1. The first-order chi connectivity index (χ1) is 10.0. The predicted octanol–water partition coefficient (Wildman–Crippen LogP) is 0.523. The smallest absolute Gasteiger partial charge is 0.298 e. The molecule has 8 nitrogen and oxygen atoms in total. The van der Waals surface area contributed by atoms with Crippen LogP contribution in [0.25, 0.3) is 0 Å². The fraction of sp³-hybridized carbons (Fsp3) is 0.308. The van der Waals surface area contributed by atoms with Crippen LogP contribution in [0.3, 0.4) is 0 Å². The van der Waals surface area contributed by atoms with Gasteiger partial charge in [0.15, 0.2) is 5.78 Å². The highest BCUT2D eigenvalue weighted by molar-refractivity contribution is 5.92. The van der Waals surface area contributed by atoms with Crippen LogP contribution < -0.4 is 10.6 Å². The lowest BCUT2D eigenvalue weighted by molar-refractivity contribution is -0.117. The lowest BCUT2D eigenvalue weighted by atomic mass is 10.3. The molecule has 0 N–H and O–H groups in total. The van der Waals surface area contributed by atoms with E-state index in [1.165, 1.54) is 11.8 Å². The van der Waals surface area contributed by atoms with Crippen molar-refractivity contribution in [3.63, 3.8) is 0 Å². The monoisotopic (exact) mass is 289 g/mol. The van der Waals surface area contributed by atoms with E-state index in [1.54, 1.807) is 31.2 Å². The van der Waals surface area contributed by atoms with E-state index in [4.69, 9.17) is 0 Å². The number of hydrogen-bond acceptors (Lipinski definition) is 5. The number of para-hydroxylation sites is 1. The van der Waals surface area contributed by atoms with Gasteiger partial charge in [0, 0.05) is 12.2 Å². The van der Waals surface area contributed by atoms with Gasteiger partial charge in [0.25, 0.3) is 0 Å². The highest BCUT2D eigenvalue weighted by Crippen LogP contribution is 2.13. The molecule has 0 aliphatic carbocycles. The van der Waals surface area contributed by atoms with Gasteiger partial charge in [-0.3, -0.25) is 9.69 Å². The van der Waals surface area contributed by atoms with E-state index < -0.39 is 11.7 Å². The van der Waals surface area contributed by atoms with Gasteiger partial charge in [-0.05, 0) is 36.4 Å². The van der Waals surface area contributed by atoms with Crippen molar-refractivity contribution < 1.29 is 9.59 Å². The van der Waals surface area contributed by atoms with Crippen molar-refractivity contribution in [3.05, 3.63) is 40.8 Å². The van der Waals surface area contributed by atoms with E-state index in [-0.39, 0.29) is 12.3 Å². The molecule has 0 saturated heterocycles. The summed E-state index contributed by atoms with van der Waals surface area (Å²) < 4.78 is 1.51. The van der Waals surface area contributed by atoms with E-state index >= 15 is 0 Å². The molecule has 0 aliphatic rings. The molecule has 8 heteroatoms. The first-order valence-corrected chi connectivity index (χ1v) is 6.43. The number of rotatable bonds is 4. The molecule has 1 aromatic heterocycles. The van der Waals surface area contributed by atoms with Crippen LogP contribution in [0.2, 0.25) is 0 Å². The summed E-state index contributed by atoms with van der Waals surface area (Å²) in [6.45, 7) is 3.28. The van der Waals surface area contributed by atoms with E-state index in [9.17, 15) is 14.4 Å². The summed E-state index contributed by atoms with van der Waals surface area (Å²) in [6, 6.07) is 8.32.